The van der Waals surface area contributed by atoms with Crippen LogP contribution < -0.4 is 0 Å². The Balaban J connectivity index is 2.16. The third-order valence-electron chi connectivity index (χ3n) is 4.63. The van der Waals surface area contributed by atoms with Crippen molar-refractivity contribution < 1.29 is 14.6 Å². The highest BCUT2D eigenvalue weighted by molar-refractivity contribution is 6.42. The van der Waals surface area contributed by atoms with Crippen LogP contribution in [0.15, 0.2) is 23.8 Å². The quantitative estimate of drug-likeness (QED) is 0.840. The van der Waals surface area contributed by atoms with E-state index in [0.29, 0.717) is 28.5 Å². The smallest absolute Gasteiger partial charge is 0.335 e. The highest BCUT2D eigenvalue weighted by Crippen LogP contribution is 2.43. The van der Waals surface area contributed by atoms with E-state index in [2.05, 4.69) is 4.90 Å². The monoisotopic (exact) mass is 341 g/mol. The standard InChI is InChI=1S/C16H17Cl2NO3/c1-19-9-6-10(8-3-4-11(17)12(18)5-8)14(16(21)22-2)15(19)13(20)7-9/h3-5,9,13,15,20H,6-7H2,1-2H3/t9?,13?,15-/m0/s1. The molecule has 0 spiro atoms. The van der Waals surface area contributed by atoms with Crippen LogP contribution >= 0.6 is 23.2 Å². The summed E-state index contributed by atoms with van der Waals surface area (Å²) in [7, 11) is 3.29. The molecule has 1 aromatic rings. The summed E-state index contributed by atoms with van der Waals surface area (Å²) in [6, 6.07) is 5.20. The first kappa shape index (κ1) is 15.8. The largest absolute Gasteiger partial charge is 0.466 e. The van der Waals surface area contributed by atoms with Crippen LogP contribution in [-0.4, -0.2) is 48.3 Å². The lowest BCUT2D eigenvalue weighted by atomic mass is 9.88. The lowest BCUT2D eigenvalue weighted by molar-refractivity contribution is -0.137. The molecule has 3 rings (SSSR count). The number of carbonyl (C=O) groups excluding carboxylic acids is 1. The second kappa shape index (κ2) is 5.85. The van der Waals surface area contributed by atoms with Gasteiger partial charge in [-0.05, 0) is 43.2 Å². The number of likely N-dealkylation sites (N-methyl/N-ethyl adjacent to an activating group) is 1. The molecule has 1 aromatic carbocycles. The third-order valence-corrected chi connectivity index (χ3v) is 5.37. The molecule has 118 valence electrons. The number of hydrogen-bond acceptors (Lipinski definition) is 4. The molecule has 2 bridgehead atoms. The highest BCUT2D eigenvalue weighted by Gasteiger charge is 2.47. The van der Waals surface area contributed by atoms with Crippen LogP contribution in [0.3, 0.4) is 0 Å². The van der Waals surface area contributed by atoms with E-state index in [1.54, 1.807) is 12.1 Å². The Morgan fingerprint density at radius 3 is 2.73 bits per heavy atom. The maximum atomic E-state index is 12.3. The first-order chi connectivity index (χ1) is 10.4. The van der Waals surface area contributed by atoms with Gasteiger partial charge in [-0.25, -0.2) is 4.79 Å². The van der Waals surface area contributed by atoms with Crippen molar-refractivity contribution in [1.29, 1.82) is 0 Å². The molecule has 1 saturated heterocycles. The van der Waals surface area contributed by atoms with Crippen molar-refractivity contribution in [3.05, 3.63) is 39.4 Å². The number of esters is 1. The number of benzene rings is 1. The molecule has 0 saturated carbocycles. The summed E-state index contributed by atoms with van der Waals surface area (Å²) in [6.45, 7) is 0. The molecule has 2 aliphatic rings. The Bertz CT molecular complexity index is 659. The van der Waals surface area contributed by atoms with Crippen molar-refractivity contribution in [2.75, 3.05) is 14.2 Å². The molecule has 22 heavy (non-hydrogen) atoms. The fourth-order valence-corrected chi connectivity index (χ4v) is 3.83. The summed E-state index contributed by atoms with van der Waals surface area (Å²) in [5.41, 5.74) is 2.26. The second-order valence-corrected chi connectivity index (χ2v) is 6.60. The van der Waals surface area contributed by atoms with Crippen molar-refractivity contribution in [2.45, 2.75) is 31.0 Å². The number of ether oxygens (including phenoxy) is 1. The van der Waals surface area contributed by atoms with Gasteiger partial charge in [0.25, 0.3) is 0 Å². The summed E-state index contributed by atoms with van der Waals surface area (Å²) in [5.74, 6) is -0.405. The van der Waals surface area contributed by atoms with Gasteiger partial charge < -0.3 is 9.84 Å². The predicted molar refractivity (Wildman–Crippen MR) is 86.0 cm³/mol. The van der Waals surface area contributed by atoms with E-state index in [9.17, 15) is 9.90 Å². The lowest BCUT2D eigenvalue weighted by Gasteiger charge is -2.34. The van der Waals surface area contributed by atoms with Crippen molar-refractivity contribution in [3.8, 4) is 0 Å². The van der Waals surface area contributed by atoms with Crippen LogP contribution in [-0.2, 0) is 9.53 Å². The molecule has 6 heteroatoms. The van der Waals surface area contributed by atoms with Crippen LogP contribution in [0.25, 0.3) is 5.57 Å². The van der Waals surface area contributed by atoms with E-state index < -0.39 is 12.1 Å². The van der Waals surface area contributed by atoms with Gasteiger partial charge in [-0.15, -0.1) is 0 Å². The van der Waals surface area contributed by atoms with Gasteiger partial charge in [0, 0.05) is 6.04 Å². The highest BCUT2D eigenvalue weighted by atomic mass is 35.5. The van der Waals surface area contributed by atoms with E-state index in [1.807, 2.05) is 13.1 Å². The average Bonchev–Trinajstić information content (AvgIpc) is 2.68. The minimum Gasteiger partial charge on any atom is -0.466 e. The topological polar surface area (TPSA) is 49.8 Å². The number of methoxy groups -OCH3 is 1. The molecule has 0 amide bonds. The summed E-state index contributed by atoms with van der Waals surface area (Å²) < 4.78 is 4.95. The predicted octanol–water partition coefficient (Wildman–Crippen LogP) is 2.76. The van der Waals surface area contributed by atoms with Crippen molar-refractivity contribution in [3.63, 3.8) is 0 Å². The van der Waals surface area contributed by atoms with Crippen LogP contribution in [0, 0.1) is 0 Å². The van der Waals surface area contributed by atoms with E-state index >= 15 is 0 Å². The fraction of sp³-hybridized carbons (Fsp3) is 0.438. The van der Waals surface area contributed by atoms with Gasteiger partial charge >= 0.3 is 5.97 Å². The summed E-state index contributed by atoms with van der Waals surface area (Å²) in [6.07, 6.45) is 0.753. The molecule has 4 nitrogen and oxygen atoms in total. The fourth-order valence-electron chi connectivity index (χ4n) is 3.53. The van der Waals surface area contributed by atoms with Crippen molar-refractivity contribution >= 4 is 34.7 Å². The maximum Gasteiger partial charge on any atom is 0.335 e. The van der Waals surface area contributed by atoms with Crippen LogP contribution in [0.5, 0.6) is 0 Å². The van der Waals surface area contributed by atoms with Crippen molar-refractivity contribution in [1.82, 2.24) is 4.90 Å². The van der Waals surface area contributed by atoms with Gasteiger partial charge in [0.2, 0.25) is 0 Å². The van der Waals surface area contributed by atoms with Crippen LogP contribution in [0.1, 0.15) is 18.4 Å². The number of aliphatic hydroxyl groups is 1. The van der Waals surface area contributed by atoms with Crippen LogP contribution in [0.4, 0.5) is 0 Å². The zero-order valence-corrected chi connectivity index (χ0v) is 13.9. The minimum absolute atomic E-state index is 0.206. The normalized spacial score (nSPS) is 28.1. The number of carbonyl (C=O) groups is 1. The van der Waals surface area contributed by atoms with Gasteiger partial charge in [0.05, 0.1) is 34.9 Å². The van der Waals surface area contributed by atoms with E-state index in [0.717, 1.165) is 11.1 Å². The molecule has 0 aromatic heterocycles. The number of fused-ring (bicyclic) bond motifs is 2. The molecule has 3 atom stereocenters. The Kier molecular flexibility index (Phi) is 4.21. The first-order valence-electron chi connectivity index (χ1n) is 7.10. The van der Waals surface area contributed by atoms with Gasteiger partial charge in [0.15, 0.2) is 0 Å². The second-order valence-electron chi connectivity index (χ2n) is 5.78. The van der Waals surface area contributed by atoms with Crippen molar-refractivity contribution in [2.24, 2.45) is 0 Å². The molecule has 2 unspecified atom stereocenters. The molecule has 1 N–H and O–H groups in total. The molecular weight excluding hydrogens is 325 g/mol. The number of hydrogen-bond donors (Lipinski definition) is 1. The zero-order valence-electron chi connectivity index (χ0n) is 12.3. The number of aliphatic hydroxyl groups excluding tert-OH is 1. The summed E-state index contributed by atoms with van der Waals surface area (Å²) in [4.78, 5) is 14.4. The Labute approximate surface area is 139 Å². The Hall–Kier alpha value is -1.07. The maximum absolute atomic E-state index is 12.3. The minimum atomic E-state index is -0.565. The SMILES string of the molecule is COC(=O)C1=C(c2ccc(Cl)c(Cl)c2)CC2CC(O)[C@@H]1N2C. The molecule has 1 fully saturated rings. The van der Waals surface area contributed by atoms with E-state index in [1.165, 1.54) is 7.11 Å². The first-order valence-corrected chi connectivity index (χ1v) is 7.86. The number of nitrogens with zero attached hydrogens (tertiary/aromatic N) is 1. The molecular formula is C16H17Cl2NO3. The summed E-state index contributed by atoms with van der Waals surface area (Å²) >= 11 is 12.1. The lowest BCUT2D eigenvalue weighted by Crippen LogP contribution is -2.43. The van der Waals surface area contributed by atoms with Gasteiger partial charge in [-0.1, -0.05) is 29.3 Å². The number of rotatable bonds is 2. The van der Waals surface area contributed by atoms with Gasteiger partial charge in [-0.2, -0.15) is 0 Å². The van der Waals surface area contributed by atoms with Gasteiger partial charge in [0.1, 0.15) is 0 Å². The number of halogens is 2. The van der Waals surface area contributed by atoms with Gasteiger partial charge in [-0.3, -0.25) is 4.90 Å². The molecule has 0 aliphatic carbocycles. The average molecular weight is 342 g/mol. The molecule has 2 heterocycles. The zero-order chi connectivity index (χ0) is 16.0. The molecule has 0 radical (unpaired) electrons. The Morgan fingerprint density at radius 2 is 2.09 bits per heavy atom. The van der Waals surface area contributed by atoms with E-state index in [4.69, 9.17) is 27.9 Å². The summed E-state index contributed by atoms with van der Waals surface area (Å²) in [5, 5.41) is 11.2. The van der Waals surface area contributed by atoms with Crippen LogP contribution in [0.2, 0.25) is 10.0 Å². The third kappa shape index (κ3) is 2.44. The Morgan fingerprint density at radius 1 is 1.36 bits per heavy atom. The van der Waals surface area contributed by atoms with E-state index in [-0.39, 0.29) is 12.1 Å². The molecule has 2 aliphatic heterocycles.